The van der Waals surface area contributed by atoms with E-state index in [9.17, 15) is 5.21 Å². The van der Waals surface area contributed by atoms with E-state index in [1.54, 1.807) is 0 Å². The first-order chi connectivity index (χ1) is 30.4. The topological polar surface area (TPSA) is 108 Å². The SMILES string of the molecule is C=C1OC(C(C)C)C(NC)C(=C)N2C(CCCN2C)C(=C)N(O)CC(=C)N2NCCCC2C(=C)N2CCC(C)C2C(=C)NC1C(C)C.C=CC(C)(N)C1(C)CCC(CC(C)C)C(CC)C1. The highest BCUT2D eigenvalue weighted by atomic mass is 16.5. The van der Waals surface area contributed by atoms with Gasteiger partial charge in [-0.1, -0.05) is 114 Å². The highest BCUT2D eigenvalue weighted by molar-refractivity contribution is 5.23. The molecule has 1 aliphatic carbocycles. The van der Waals surface area contributed by atoms with E-state index >= 15 is 0 Å². The molecule has 0 aromatic carbocycles. The first-order valence-corrected chi connectivity index (χ1v) is 25.4. The lowest BCUT2D eigenvalue weighted by Crippen LogP contribution is -2.58. The van der Waals surface area contributed by atoms with Crippen molar-refractivity contribution in [2.24, 2.45) is 46.7 Å². The largest absolute Gasteiger partial charge is 0.491 e. The maximum absolute atomic E-state index is 11.6. The fraction of sp³-hybridized carbons (Fsp3) is 0.741. The van der Waals surface area contributed by atoms with Gasteiger partial charge in [-0.2, -0.15) is 0 Å². The molecule has 5 fully saturated rings. The highest BCUT2D eigenvalue weighted by Crippen LogP contribution is 2.50. The Morgan fingerprint density at radius 3 is 2.18 bits per heavy atom. The van der Waals surface area contributed by atoms with Crippen LogP contribution in [0.25, 0.3) is 0 Å². The van der Waals surface area contributed by atoms with Crippen molar-refractivity contribution in [3.8, 4) is 0 Å². The standard InChI is InChI=1S/C37H64N8O2.C17H33N/c1-23(2)34-31(11)47-37(24(3)4)35(38-12)30(10)45-33(17-15-20-41(45)13)29(9)43(46)22-26(6)44-32(16-14-19-39-44)28(8)42-21-18-25(5)36(42)27(7)40-34;1-7-14-12-16(5,17(6,18)8-2)10-9-15(14)11-13(3)4/h23-25,32-40,46H,6-11,14-22H2,1-5,12-13H3;8,13-15H,2,7,9-12,18H2,1,3-6H3. The van der Waals surface area contributed by atoms with Crippen molar-refractivity contribution in [2.45, 2.75) is 175 Å². The van der Waals surface area contributed by atoms with Gasteiger partial charge >= 0.3 is 0 Å². The molecule has 0 spiro atoms. The average molecular weight is 904 g/mol. The maximum atomic E-state index is 11.6. The Bertz CT molecular complexity index is 1670. The number of nitrogens with one attached hydrogen (secondary N) is 3. The summed E-state index contributed by atoms with van der Waals surface area (Å²) in [5, 5.41) is 26.7. The molecule has 4 aliphatic heterocycles. The molecule has 11 unspecified atom stereocenters. The van der Waals surface area contributed by atoms with Crippen molar-refractivity contribution in [3.05, 3.63) is 86.4 Å². The predicted octanol–water partition coefficient (Wildman–Crippen LogP) is 9.78. The third-order valence-corrected chi connectivity index (χ3v) is 16.1. The van der Waals surface area contributed by atoms with E-state index in [0.717, 1.165) is 92.3 Å². The molecule has 5 aliphatic rings. The summed E-state index contributed by atoms with van der Waals surface area (Å²) in [5.41, 5.74) is 14.3. The average Bonchev–Trinajstić information content (AvgIpc) is 3.65. The van der Waals surface area contributed by atoms with Crippen LogP contribution >= 0.6 is 0 Å². The van der Waals surface area contributed by atoms with Gasteiger partial charge in [0, 0.05) is 55.0 Å². The Labute approximate surface area is 398 Å². The molecule has 4 heterocycles. The molecule has 0 aromatic heterocycles. The Kier molecular flexibility index (Phi) is 19.4. The lowest BCUT2D eigenvalue weighted by molar-refractivity contribution is -0.0999. The normalized spacial score (nSPS) is 33.8. The first-order valence-electron chi connectivity index (χ1n) is 25.4. The number of nitrogens with two attached hydrogens (primary N) is 1. The minimum absolute atomic E-state index is 0.0000649. The molecule has 11 atom stereocenters. The van der Waals surface area contributed by atoms with Crippen LogP contribution in [0.1, 0.15) is 133 Å². The summed E-state index contributed by atoms with van der Waals surface area (Å²) < 4.78 is 6.87. The number of likely N-dealkylation sites (N-methyl/N-ethyl adjacent to an activating group) is 1. The summed E-state index contributed by atoms with van der Waals surface area (Å²) >= 11 is 0. The lowest BCUT2D eigenvalue weighted by atomic mass is 9.57. The van der Waals surface area contributed by atoms with Gasteiger partial charge in [0.15, 0.2) is 0 Å². The molecular formula is C54H97N9O2. The van der Waals surface area contributed by atoms with Crippen molar-refractivity contribution in [2.75, 3.05) is 40.3 Å². The summed E-state index contributed by atoms with van der Waals surface area (Å²) in [5.74, 6) is 4.01. The van der Waals surface area contributed by atoms with Crippen LogP contribution in [-0.4, -0.2) is 112 Å². The molecule has 6 N–H and O–H groups in total. The number of fused-ring (bicyclic) bond motifs is 3. The Morgan fingerprint density at radius 2 is 1.60 bits per heavy atom. The summed E-state index contributed by atoms with van der Waals surface area (Å²) in [7, 11) is 4.02. The van der Waals surface area contributed by atoms with Gasteiger partial charge in [0.25, 0.3) is 0 Å². The molecule has 65 heavy (non-hydrogen) atoms. The van der Waals surface area contributed by atoms with Crippen molar-refractivity contribution >= 4 is 0 Å². The fourth-order valence-corrected chi connectivity index (χ4v) is 11.7. The molecule has 11 nitrogen and oxygen atoms in total. The zero-order valence-corrected chi connectivity index (χ0v) is 43.5. The van der Waals surface area contributed by atoms with Gasteiger partial charge in [-0.3, -0.25) is 15.3 Å². The quantitative estimate of drug-likeness (QED) is 0.150. The minimum atomic E-state index is -0.253. The van der Waals surface area contributed by atoms with E-state index in [0.29, 0.717) is 17.4 Å². The third-order valence-electron chi connectivity index (χ3n) is 16.1. The molecule has 11 heteroatoms. The zero-order chi connectivity index (χ0) is 48.7. The van der Waals surface area contributed by atoms with Gasteiger partial charge in [0.1, 0.15) is 11.9 Å². The van der Waals surface area contributed by atoms with Gasteiger partial charge in [0.2, 0.25) is 0 Å². The van der Waals surface area contributed by atoms with E-state index in [1.807, 2.05) is 13.1 Å². The number of nitrogens with zero attached hydrogens (tertiary/aromatic N) is 5. The first kappa shape index (κ1) is 54.4. The van der Waals surface area contributed by atoms with Gasteiger partial charge in [0.05, 0.1) is 42.5 Å². The number of hydrazine groups is 2. The number of hydrogen-bond acceptors (Lipinski definition) is 11. The Hall–Kier alpha value is -3.22. The molecule has 0 bridgehead atoms. The Balaban J connectivity index is 0.000000430. The monoisotopic (exact) mass is 904 g/mol. The van der Waals surface area contributed by atoms with E-state index < -0.39 is 0 Å². The van der Waals surface area contributed by atoms with Crippen molar-refractivity contribution in [1.82, 2.24) is 41.0 Å². The molecular weight excluding hydrogens is 807 g/mol. The molecule has 0 amide bonds. The zero-order valence-electron chi connectivity index (χ0n) is 43.5. The fourth-order valence-electron chi connectivity index (χ4n) is 11.7. The molecule has 1 saturated carbocycles. The van der Waals surface area contributed by atoms with Crippen LogP contribution in [0.4, 0.5) is 0 Å². The minimum Gasteiger partial charge on any atom is -0.491 e. The second-order valence-electron chi connectivity index (χ2n) is 22.1. The summed E-state index contributed by atoms with van der Waals surface area (Å²) in [6, 6.07) is -0.481. The molecule has 0 radical (unpaired) electrons. The van der Waals surface area contributed by atoms with E-state index in [-0.39, 0.29) is 65.6 Å². The van der Waals surface area contributed by atoms with Crippen LogP contribution < -0.4 is 21.8 Å². The van der Waals surface area contributed by atoms with E-state index in [2.05, 4.69) is 158 Å². The third kappa shape index (κ3) is 12.5. The summed E-state index contributed by atoms with van der Waals surface area (Å²) in [6.07, 6.45) is 13.1. The summed E-state index contributed by atoms with van der Waals surface area (Å²) in [4.78, 5) is 2.43. The van der Waals surface area contributed by atoms with Gasteiger partial charge in [-0.15, -0.1) is 6.58 Å². The second kappa shape index (κ2) is 23.2. The van der Waals surface area contributed by atoms with Crippen LogP contribution in [0.3, 0.4) is 0 Å². The predicted molar refractivity (Wildman–Crippen MR) is 274 cm³/mol. The smallest absolute Gasteiger partial charge is 0.121 e. The van der Waals surface area contributed by atoms with Crippen LogP contribution in [-0.2, 0) is 4.74 Å². The highest BCUT2D eigenvalue weighted by Gasteiger charge is 2.46. The van der Waals surface area contributed by atoms with Crippen LogP contribution in [0.15, 0.2) is 86.4 Å². The van der Waals surface area contributed by atoms with Gasteiger partial charge in [-0.25, -0.2) is 10.4 Å². The van der Waals surface area contributed by atoms with E-state index in [4.69, 9.17) is 10.5 Å². The molecule has 0 aromatic rings. The van der Waals surface area contributed by atoms with Crippen LogP contribution in [0.5, 0.6) is 0 Å². The molecule has 4 saturated heterocycles. The molecule has 5 rings (SSSR count). The van der Waals surface area contributed by atoms with Crippen molar-refractivity contribution < 1.29 is 9.94 Å². The summed E-state index contributed by atoms with van der Waals surface area (Å²) in [6.45, 7) is 56.7. The number of rotatable bonds is 8. The second-order valence-corrected chi connectivity index (χ2v) is 22.1. The number of ether oxygens (including phenoxy) is 1. The van der Waals surface area contributed by atoms with E-state index in [1.165, 1.54) is 37.2 Å². The number of hydroxylamine groups is 2. The lowest BCUT2D eigenvalue weighted by Gasteiger charge is -2.50. The van der Waals surface area contributed by atoms with Crippen LogP contribution in [0.2, 0.25) is 0 Å². The maximum Gasteiger partial charge on any atom is 0.121 e. The number of hydrogen-bond donors (Lipinski definition) is 5. The van der Waals surface area contributed by atoms with Crippen molar-refractivity contribution in [1.29, 1.82) is 0 Å². The van der Waals surface area contributed by atoms with Gasteiger partial charge < -0.3 is 31.0 Å². The Morgan fingerprint density at radius 1 is 0.938 bits per heavy atom. The van der Waals surface area contributed by atoms with Crippen LogP contribution in [0, 0.1) is 40.9 Å². The van der Waals surface area contributed by atoms with Crippen molar-refractivity contribution in [3.63, 3.8) is 0 Å². The molecule has 370 valence electrons. The van der Waals surface area contributed by atoms with Gasteiger partial charge in [-0.05, 0) is 113 Å².